The van der Waals surface area contributed by atoms with Crippen molar-refractivity contribution in [2.45, 2.75) is 6.92 Å². The van der Waals surface area contributed by atoms with Gasteiger partial charge in [0.05, 0.1) is 5.69 Å². The Kier molecular flexibility index (Phi) is 3.79. The van der Waals surface area contributed by atoms with E-state index >= 15 is 0 Å². The Labute approximate surface area is 116 Å². The van der Waals surface area contributed by atoms with E-state index in [-0.39, 0.29) is 5.69 Å². The molecule has 0 spiro atoms. The van der Waals surface area contributed by atoms with E-state index in [2.05, 4.69) is 27.9 Å². The molecule has 94 valence electrons. The van der Waals surface area contributed by atoms with Crippen LogP contribution >= 0.6 is 22.6 Å². The molecule has 0 saturated carbocycles. The first kappa shape index (κ1) is 13.2. The van der Waals surface area contributed by atoms with Gasteiger partial charge in [-0.2, -0.15) is 0 Å². The van der Waals surface area contributed by atoms with E-state index in [9.17, 15) is 13.2 Å². The van der Waals surface area contributed by atoms with Crippen molar-refractivity contribution >= 4 is 34.0 Å². The number of halogens is 4. The molecule has 0 aromatic heterocycles. The van der Waals surface area contributed by atoms with E-state index in [0.717, 1.165) is 15.2 Å². The lowest BCUT2D eigenvalue weighted by Crippen LogP contribution is -2.00. The average Bonchev–Trinajstić information content (AvgIpc) is 2.33. The SMILES string of the molecule is Cc1cc(I)ccc1Nc1ccc(F)c(F)c1F. The van der Waals surface area contributed by atoms with Gasteiger partial charge in [0.15, 0.2) is 17.5 Å². The monoisotopic (exact) mass is 363 g/mol. The molecule has 0 amide bonds. The highest BCUT2D eigenvalue weighted by Gasteiger charge is 2.13. The number of anilines is 2. The Hall–Kier alpha value is -1.24. The number of rotatable bonds is 2. The predicted octanol–water partition coefficient (Wildman–Crippen LogP) is 4.76. The number of hydrogen-bond acceptors (Lipinski definition) is 1. The van der Waals surface area contributed by atoms with Gasteiger partial charge in [0.25, 0.3) is 0 Å². The van der Waals surface area contributed by atoms with Gasteiger partial charge in [-0.3, -0.25) is 0 Å². The fourth-order valence-electron chi connectivity index (χ4n) is 1.53. The molecule has 0 fully saturated rings. The Morgan fingerprint density at radius 3 is 2.28 bits per heavy atom. The van der Waals surface area contributed by atoms with Crippen molar-refractivity contribution in [1.29, 1.82) is 0 Å². The molecule has 2 aromatic rings. The Balaban J connectivity index is 2.37. The van der Waals surface area contributed by atoms with Crippen LogP contribution in [0.2, 0.25) is 0 Å². The third-order valence-electron chi connectivity index (χ3n) is 2.49. The van der Waals surface area contributed by atoms with Gasteiger partial charge in [-0.25, -0.2) is 13.2 Å². The van der Waals surface area contributed by atoms with Crippen LogP contribution in [0.15, 0.2) is 30.3 Å². The summed E-state index contributed by atoms with van der Waals surface area (Å²) in [6, 6.07) is 7.57. The van der Waals surface area contributed by atoms with Crippen LogP contribution in [0.3, 0.4) is 0 Å². The quantitative estimate of drug-likeness (QED) is 0.599. The second-order valence-electron chi connectivity index (χ2n) is 3.81. The average molecular weight is 363 g/mol. The van der Waals surface area contributed by atoms with Crippen molar-refractivity contribution in [2.75, 3.05) is 5.32 Å². The van der Waals surface area contributed by atoms with Crippen LogP contribution in [0.4, 0.5) is 24.5 Å². The summed E-state index contributed by atoms with van der Waals surface area (Å²) in [5.41, 5.74) is 1.46. The van der Waals surface area contributed by atoms with Crippen molar-refractivity contribution < 1.29 is 13.2 Å². The number of aryl methyl sites for hydroxylation is 1. The minimum absolute atomic E-state index is 0.0850. The molecular formula is C13H9F3IN. The van der Waals surface area contributed by atoms with Crippen LogP contribution in [-0.2, 0) is 0 Å². The summed E-state index contributed by atoms with van der Waals surface area (Å²) < 4.78 is 40.4. The number of hydrogen-bond donors (Lipinski definition) is 1. The minimum Gasteiger partial charge on any atom is -0.353 e. The molecule has 0 radical (unpaired) electrons. The molecular weight excluding hydrogens is 354 g/mol. The molecule has 0 unspecified atom stereocenters. The summed E-state index contributed by atoms with van der Waals surface area (Å²) in [5, 5.41) is 2.75. The van der Waals surface area contributed by atoms with Crippen molar-refractivity contribution in [3.63, 3.8) is 0 Å². The van der Waals surface area contributed by atoms with E-state index in [1.54, 1.807) is 6.07 Å². The summed E-state index contributed by atoms with van der Waals surface area (Å²) in [5.74, 6) is -3.88. The Morgan fingerprint density at radius 1 is 0.944 bits per heavy atom. The van der Waals surface area contributed by atoms with E-state index in [0.29, 0.717) is 5.69 Å². The highest BCUT2D eigenvalue weighted by atomic mass is 127. The molecule has 2 rings (SSSR count). The molecule has 0 heterocycles. The number of benzene rings is 2. The molecule has 0 atom stereocenters. The maximum absolute atomic E-state index is 13.5. The molecule has 2 aromatic carbocycles. The fourth-order valence-corrected chi connectivity index (χ4v) is 2.18. The second-order valence-corrected chi connectivity index (χ2v) is 5.05. The summed E-state index contributed by atoms with van der Waals surface area (Å²) >= 11 is 2.16. The first-order valence-corrected chi connectivity index (χ1v) is 6.23. The van der Waals surface area contributed by atoms with Crippen LogP contribution in [-0.4, -0.2) is 0 Å². The van der Waals surface area contributed by atoms with Gasteiger partial charge in [0.2, 0.25) is 0 Å². The molecule has 1 N–H and O–H groups in total. The standard InChI is InChI=1S/C13H9F3IN/c1-7-6-8(17)2-4-10(7)18-11-5-3-9(14)12(15)13(11)16/h2-6,18H,1H3. The number of nitrogens with one attached hydrogen (secondary N) is 1. The predicted molar refractivity (Wildman–Crippen MR) is 73.5 cm³/mol. The van der Waals surface area contributed by atoms with Gasteiger partial charge >= 0.3 is 0 Å². The van der Waals surface area contributed by atoms with Crippen molar-refractivity contribution in [3.8, 4) is 0 Å². The third-order valence-corrected chi connectivity index (χ3v) is 3.16. The second kappa shape index (κ2) is 5.17. The van der Waals surface area contributed by atoms with Gasteiger partial charge in [-0.15, -0.1) is 0 Å². The van der Waals surface area contributed by atoms with Gasteiger partial charge in [0.1, 0.15) is 0 Å². The lowest BCUT2D eigenvalue weighted by molar-refractivity contribution is 0.449. The summed E-state index contributed by atoms with van der Waals surface area (Å²) in [7, 11) is 0. The Morgan fingerprint density at radius 2 is 1.61 bits per heavy atom. The Bertz CT molecular complexity index is 599. The molecule has 5 heteroatoms. The van der Waals surface area contributed by atoms with Crippen LogP contribution in [0.25, 0.3) is 0 Å². The van der Waals surface area contributed by atoms with Crippen molar-refractivity contribution in [3.05, 3.63) is 56.9 Å². The molecule has 0 aliphatic rings. The fraction of sp³-hybridized carbons (Fsp3) is 0.0769. The first-order valence-electron chi connectivity index (χ1n) is 5.15. The molecule has 18 heavy (non-hydrogen) atoms. The summed E-state index contributed by atoms with van der Waals surface area (Å²) in [6.45, 7) is 1.85. The van der Waals surface area contributed by atoms with Gasteiger partial charge < -0.3 is 5.32 Å². The van der Waals surface area contributed by atoms with Gasteiger partial charge in [0, 0.05) is 9.26 Å². The molecule has 1 nitrogen and oxygen atoms in total. The topological polar surface area (TPSA) is 12.0 Å². The van der Waals surface area contributed by atoms with Crippen LogP contribution in [0.1, 0.15) is 5.56 Å². The zero-order chi connectivity index (χ0) is 13.3. The van der Waals surface area contributed by atoms with E-state index < -0.39 is 17.5 Å². The van der Waals surface area contributed by atoms with E-state index in [1.165, 1.54) is 6.07 Å². The first-order chi connectivity index (χ1) is 8.49. The van der Waals surface area contributed by atoms with Gasteiger partial charge in [-0.05, 0) is 65.4 Å². The van der Waals surface area contributed by atoms with Gasteiger partial charge in [-0.1, -0.05) is 0 Å². The normalized spacial score (nSPS) is 10.5. The lowest BCUT2D eigenvalue weighted by Gasteiger charge is -2.11. The van der Waals surface area contributed by atoms with Crippen molar-refractivity contribution in [1.82, 2.24) is 0 Å². The molecule has 0 saturated heterocycles. The third kappa shape index (κ3) is 2.60. The van der Waals surface area contributed by atoms with Crippen LogP contribution < -0.4 is 5.32 Å². The minimum atomic E-state index is -1.47. The molecule has 0 aliphatic heterocycles. The summed E-state index contributed by atoms with van der Waals surface area (Å²) in [4.78, 5) is 0. The van der Waals surface area contributed by atoms with E-state index in [1.807, 2.05) is 19.1 Å². The zero-order valence-electron chi connectivity index (χ0n) is 9.40. The lowest BCUT2D eigenvalue weighted by atomic mass is 10.2. The highest BCUT2D eigenvalue weighted by Crippen LogP contribution is 2.26. The maximum Gasteiger partial charge on any atom is 0.196 e. The van der Waals surface area contributed by atoms with Crippen molar-refractivity contribution in [2.24, 2.45) is 0 Å². The van der Waals surface area contributed by atoms with Crippen LogP contribution in [0.5, 0.6) is 0 Å². The maximum atomic E-state index is 13.5. The largest absolute Gasteiger partial charge is 0.353 e. The van der Waals surface area contributed by atoms with E-state index in [4.69, 9.17) is 0 Å². The highest BCUT2D eigenvalue weighted by molar-refractivity contribution is 14.1. The van der Waals surface area contributed by atoms with Crippen LogP contribution in [0, 0.1) is 27.9 Å². The molecule has 0 bridgehead atoms. The smallest absolute Gasteiger partial charge is 0.196 e. The summed E-state index contributed by atoms with van der Waals surface area (Å²) in [6.07, 6.45) is 0. The zero-order valence-corrected chi connectivity index (χ0v) is 11.6. The molecule has 0 aliphatic carbocycles.